The normalized spacial score (nSPS) is 11.3. The van der Waals surface area contributed by atoms with Crippen molar-refractivity contribution < 1.29 is 19.2 Å². The molecule has 0 spiro atoms. The van der Waals surface area contributed by atoms with Gasteiger partial charge in [0.25, 0.3) is 11.6 Å². The number of ether oxygens (including phenoxy) is 1. The fourth-order valence-corrected chi connectivity index (χ4v) is 2.68. The van der Waals surface area contributed by atoms with Gasteiger partial charge in [-0.3, -0.25) is 19.7 Å². The summed E-state index contributed by atoms with van der Waals surface area (Å²) in [6.45, 7) is 1.66. The minimum Gasteiger partial charge on any atom is -0.482 e. The molecular formula is C22H18N2O5. The van der Waals surface area contributed by atoms with Crippen LogP contribution in [0, 0.1) is 10.1 Å². The number of hydrogen-bond acceptors (Lipinski definition) is 5. The van der Waals surface area contributed by atoms with Crippen molar-refractivity contribution in [3.05, 3.63) is 100 Å². The number of anilines is 1. The van der Waals surface area contributed by atoms with Crippen LogP contribution in [0.25, 0.3) is 0 Å². The molecule has 0 fully saturated rings. The number of nitro groups is 1. The van der Waals surface area contributed by atoms with Crippen LogP contribution in [0.4, 0.5) is 11.4 Å². The van der Waals surface area contributed by atoms with E-state index in [2.05, 4.69) is 5.32 Å². The Morgan fingerprint density at radius 1 is 0.931 bits per heavy atom. The van der Waals surface area contributed by atoms with Gasteiger partial charge in [0, 0.05) is 35.0 Å². The molecule has 3 rings (SSSR count). The molecule has 7 nitrogen and oxygen atoms in total. The number of ketones is 1. The highest BCUT2D eigenvalue weighted by Crippen LogP contribution is 2.21. The van der Waals surface area contributed by atoms with Gasteiger partial charge < -0.3 is 10.1 Å². The van der Waals surface area contributed by atoms with Crippen LogP contribution >= 0.6 is 0 Å². The van der Waals surface area contributed by atoms with E-state index in [1.54, 1.807) is 55.5 Å². The summed E-state index contributed by atoms with van der Waals surface area (Å²) in [5, 5.41) is 13.4. The van der Waals surface area contributed by atoms with Gasteiger partial charge in [0.05, 0.1) is 4.92 Å². The van der Waals surface area contributed by atoms with Crippen LogP contribution in [-0.2, 0) is 0 Å². The fourth-order valence-electron chi connectivity index (χ4n) is 2.68. The lowest BCUT2D eigenvalue weighted by atomic mass is 10.1. The van der Waals surface area contributed by atoms with E-state index < -0.39 is 16.9 Å². The SMILES string of the molecule is CC(Oc1cccc(NC(=O)c2ccc([N+](=O)[O-])cc2)c1)C(=O)c1ccccc1. The van der Waals surface area contributed by atoms with Crippen molar-refractivity contribution in [2.75, 3.05) is 5.32 Å². The molecule has 0 heterocycles. The number of amides is 1. The third-order valence-electron chi connectivity index (χ3n) is 4.17. The van der Waals surface area contributed by atoms with Crippen molar-refractivity contribution >= 4 is 23.1 Å². The Morgan fingerprint density at radius 2 is 1.62 bits per heavy atom. The van der Waals surface area contributed by atoms with Crippen LogP contribution in [0.1, 0.15) is 27.6 Å². The van der Waals surface area contributed by atoms with Crippen LogP contribution in [-0.4, -0.2) is 22.7 Å². The van der Waals surface area contributed by atoms with Crippen molar-refractivity contribution in [2.45, 2.75) is 13.0 Å². The summed E-state index contributed by atoms with van der Waals surface area (Å²) in [6.07, 6.45) is -0.696. The number of non-ortho nitro benzene ring substituents is 1. The molecular weight excluding hydrogens is 372 g/mol. The Kier molecular flexibility index (Phi) is 5.99. The molecule has 1 amide bonds. The molecule has 29 heavy (non-hydrogen) atoms. The van der Waals surface area contributed by atoms with Crippen molar-refractivity contribution in [2.24, 2.45) is 0 Å². The Hall–Kier alpha value is -4.00. The molecule has 7 heteroatoms. The summed E-state index contributed by atoms with van der Waals surface area (Å²) in [7, 11) is 0. The fraction of sp³-hybridized carbons (Fsp3) is 0.0909. The van der Waals surface area contributed by atoms with E-state index in [4.69, 9.17) is 4.74 Å². The summed E-state index contributed by atoms with van der Waals surface area (Å²) in [6, 6.07) is 20.8. The van der Waals surface area contributed by atoms with E-state index in [9.17, 15) is 19.7 Å². The first kappa shape index (κ1) is 19.8. The molecule has 0 aromatic heterocycles. The average Bonchev–Trinajstić information content (AvgIpc) is 2.74. The van der Waals surface area contributed by atoms with Gasteiger partial charge in [-0.25, -0.2) is 0 Å². The predicted octanol–water partition coefficient (Wildman–Crippen LogP) is 4.50. The molecule has 0 aliphatic carbocycles. The third kappa shape index (κ3) is 5.04. The number of nitro benzene ring substituents is 1. The molecule has 0 aliphatic heterocycles. The molecule has 0 aliphatic rings. The minimum atomic E-state index is -0.696. The number of carbonyl (C=O) groups is 2. The Labute approximate surface area is 167 Å². The number of benzene rings is 3. The van der Waals surface area contributed by atoms with Crippen LogP contribution in [0.3, 0.4) is 0 Å². The van der Waals surface area contributed by atoms with Gasteiger partial charge in [-0.05, 0) is 31.2 Å². The Morgan fingerprint density at radius 3 is 2.28 bits per heavy atom. The van der Waals surface area contributed by atoms with Gasteiger partial charge >= 0.3 is 0 Å². The van der Waals surface area contributed by atoms with Gasteiger partial charge in [0.1, 0.15) is 5.75 Å². The highest BCUT2D eigenvalue weighted by atomic mass is 16.6. The Bertz CT molecular complexity index is 1030. The molecule has 1 N–H and O–H groups in total. The number of hydrogen-bond donors (Lipinski definition) is 1. The second-order valence-corrected chi connectivity index (χ2v) is 6.28. The molecule has 0 radical (unpaired) electrons. The van der Waals surface area contributed by atoms with Gasteiger partial charge in [0.15, 0.2) is 6.10 Å². The van der Waals surface area contributed by atoms with Gasteiger partial charge in [0.2, 0.25) is 5.78 Å². The monoisotopic (exact) mass is 390 g/mol. The second kappa shape index (κ2) is 8.79. The zero-order valence-electron chi connectivity index (χ0n) is 15.6. The predicted molar refractivity (Wildman–Crippen MR) is 108 cm³/mol. The number of rotatable bonds is 7. The van der Waals surface area contributed by atoms with E-state index in [0.717, 1.165) is 0 Å². The first-order valence-electron chi connectivity index (χ1n) is 8.86. The van der Waals surface area contributed by atoms with Gasteiger partial charge in [-0.1, -0.05) is 36.4 Å². The smallest absolute Gasteiger partial charge is 0.269 e. The number of nitrogens with zero attached hydrogens (tertiary/aromatic N) is 1. The van der Waals surface area contributed by atoms with Crippen molar-refractivity contribution in [3.8, 4) is 5.75 Å². The zero-order chi connectivity index (χ0) is 20.8. The number of carbonyl (C=O) groups excluding carboxylic acids is 2. The zero-order valence-corrected chi connectivity index (χ0v) is 15.6. The first-order chi connectivity index (χ1) is 13.9. The maximum absolute atomic E-state index is 12.4. The number of nitrogens with one attached hydrogen (secondary N) is 1. The van der Waals surface area contributed by atoms with Gasteiger partial charge in [-0.2, -0.15) is 0 Å². The van der Waals surface area contributed by atoms with Crippen molar-refractivity contribution in [1.82, 2.24) is 0 Å². The summed E-state index contributed by atoms with van der Waals surface area (Å²) in [5.41, 5.74) is 1.23. The standard InChI is InChI=1S/C22H18N2O5/c1-15(21(25)16-6-3-2-4-7-16)29-20-9-5-8-18(14-20)23-22(26)17-10-12-19(13-11-17)24(27)28/h2-15H,1H3,(H,23,26). The molecule has 0 saturated heterocycles. The summed E-state index contributed by atoms with van der Waals surface area (Å²) in [4.78, 5) is 35.0. The second-order valence-electron chi connectivity index (χ2n) is 6.28. The average molecular weight is 390 g/mol. The van der Waals surface area contributed by atoms with Crippen LogP contribution < -0.4 is 10.1 Å². The lowest BCUT2D eigenvalue weighted by Gasteiger charge is -2.15. The Balaban J connectivity index is 1.66. The summed E-state index contributed by atoms with van der Waals surface area (Å²) < 4.78 is 5.72. The lowest BCUT2D eigenvalue weighted by molar-refractivity contribution is -0.384. The van der Waals surface area contributed by atoms with E-state index >= 15 is 0 Å². The van der Waals surface area contributed by atoms with E-state index in [0.29, 0.717) is 17.0 Å². The van der Waals surface area contributed by atoms with Crippen LogP contribution in [0.5, 0.6) is 5.75 Å². The topological polar surface area (TPSA) is 98.5 Å². The summed E-state index contributed by atoms with van der Waals surface area (Å²) >= 11 is 0. The van der Waals surface area contributed by atoms with Crippen molar-refractivity contribution in [1.29, 1.82) is 0 Å². The first-order valence-corrected chi connectivity index (χ1v) is 8.86. The third-order valence-corrected chi connectivity index (χ3v) is 4.17. The largest absolute Gasteiger partial charge is 0.482 e. The maximum Gasteiger partial charge on any atom is 0.269 e. The summed E-state index contributed by atoms with van der Waals surface area (Å²) in [5.74, 6) is -0.125. The quantitative estimate of drug-likeness (QED) is 0.364. The van der Waals surface area contributed by atoms with Crippen LogP contribution in [0.15, 0.2) is 78.9 Å². The van der Waals surface area contributed by atoms with Gasteiger partial charge in [-0.15, -0.1) is 0 Å². The van der Waals surface area contributed by atoms with E-state index in [1.165, 1.54) is 24.3 Å². The molecule has 1 atom stereocenters. The number of Topliss-reactive ketones (excluding diaryl/α,β-unsaturated/α-hetero) is 1. The van der Waals surface area contributed by atoms with Crippen LogP contribution in [0.2, 0.25) is 0 Å². The molecule has 1 unspecified atom stereocenters. The van der Waals surface area contributed by atoms with Crippen molar-refractivity contribution in [3.63, 3.8) is 0 Å². The minimum absolute atomic E-state index is 0.0889. The highest BCUT2D eigenvalue weighted by Gasteiger charge is 2.17. The highest BCUT2D eigenvalue weighted by molar-refractivity contribution is 6.04. The lowest BCUT2D eigenvalue weighted by Crippen LogP contribution is -2.23. The molecule has 3 aromatic carbocycles. The molecule has 3 aromatic rings. The van der Waals surface area contributed by atoms with E-state index in [1.807, 2.05) is 6.07 Å². The molecule has 146 valence electrons. The molecule has 0 bridgehead atoms. The van der Waals surface area contributed by atoms with E-state index in [-0.39, 0.29) is 17.0 Å². The maximum atomic E-state index is 12.4. The molecule has 0 saturated carbocycles.